The molecule has 0 spiro atoms. The molecule has 0 aromatic heterocycles. The zero-order valence-corrected chi connectivity index (χ0v) is 14.1. The van der Waals surface area contributed by atoms with E-state index < -0.39 is 5.54 Å². The summed E-state index contributed by atoms with van der Waals surface area (Å²) in [5, 5.41) is 3.54. The number of nitrogens with zero attached hydrogens (tertiary/aromatic N) is 1. The topological polar surface area (TPSA) is 41.6 Å². The zero-order valence-electron chi connectivity index (χ0n) is 14.1. The first-order chi connectivity index (χ1) is 9.29. The van der Waals surface area contributed by atoms with Gasteiger partial charge >= 0.3 is 0 Å². The van der Waals surface area contributed by atoms with E-state index in [-0.39, 0.29) is 17.5 Å². The van der Waals surface area contributed by atoms with Crippen LogP contribution in [0.25, 0.3) is 0 Å². The Bertz CT molecular complexity index is 330. The standard InChI is InChI=1S/C16H32N2O2/c1-7-9-13-17-16(5,8-2)14(19)18(13)12-15(3,4)10-11-20-6/h13,17H,7-12H2,1-6H3. The number of rotatable bonds is 8. The van der Waals surface area contributed by atoms with E-state index in [9.17, 15) is 4.79 Å². The number of methoxy groups -OCH3 is 1. The minimum absolute atomic E-state index is 0.0817. The number of hydrogen-bond acceptors (Lipinski definition) is 3. The van der Waals surface area contributed by atoms with Crippen molar-refractivity contribution in [2.45, 2.75) is 72.0 Å². The molecule has 1 aliphatic rings. The van der Waals surface area contributed by atoms with Crippen LogP contribution in [0.1, 0.15) is 60.3 Å². The number of hydrogen-bond donors (Lipinski definition) is 1. The van der Waals surface area contributed by atoms with Crippen molar-refractivity contribution in [3.8, 4) is 0 Å². The van der Waals surface area contributed by atoms with Gasteiger partial charge in [0.2, 0.25) is 5.91 Å². The summed E-state index contributed by atoms with van der Waals surface area (Å²) in [5.41, 5.74) is -0.310. The monoisotopic (exact) mass is 284 g/mol. The fourth-order valence-electron chi connectivity index (χ4n) is 2.82. The van der Waals surface area contributed by atoms with Crippen LogP contribution in [0.2, 0.25) is 0 Å². The van der Waals surface area contributed by atoms with Gasteiger partial charge in [-0.05, 0) is 31.6 Å². The zero-order chi connectivity index (χ0) is 15.4. The van der Waals surface area contributed by atoms with Gasteiger partial charge in [0.15, 0.2) is 0 Å². The number of ether oxygens (including phenoxy) is 1. The largest absolute Gasteiger partial charge is 0.385 e. The maximum absolute atomic E-state index is 12.7. The van der Waals surface area contributed by atoms with Crippen LogP contribution in [0.3, 0.4) is 0 Å². The molecule has 1 aliphatic heterocycles. The Hall–Kier alpha value is -0.610. The second kappa shape index (κ2) is 6.90. The van der Waals surface area contributed by atoms with Crippen molar-refractivity contribution in [3.63, 3.8) is 0 Å². The fourth-order valence-corrected chi connectivity index (χ4v) is 2.82. The van der Waals surface area contributed by atoms with Crippen LogP contribution in [-0.2, 0) is 9.53 Å². The number of carbonyl (C=O) groups excluding carboxylic acids is 1. The van der Waals surface area contributed by atoms with Gasteiger partial charge in [0.25, 0.3) is 0 Å². The average Bonchev–Trinajstić information content (AvgIpc) is 2.62. The summed E-state index contributed by atoms with van der Waals surface area (Å²) in [6, 6.07) is 0. The predicted octanol–water partition coefficient (Wildman–Crippen LogP) is 2.78. The maximum atomic E-state index is 12.7. The third-order valence-corrected chi connectivity index (χ3v) is 4.44. The van der Waals surface area contributed by atoms with Crippen molar-refractivity contribution in [3.05, 3.63) is 0 Å². The average molecular weight is 284 g/mol. The van der Waals surface area contributed by atoms with Crippen LogP contribution >= 0.6 is 0 Å². The quantitative estimate of drug-likeness (QED) is 0.745. The molecule has 0 aromatic carbocycles. The normalized spacial score (nSPS) is 27.4. The number of nitrogens with one attached hydrogen (secondary N) is 1. The van der Waals surface area contributed by atoms with Crippen LogP contribution in [0, 0.1) is 5.41 Å². The molecule has 0 saturated carbocycles. The summed E-state index contributed by atoms with van der Waals surface area (Å²) in [6.45, 7) is 12.2. The molecule has 1 heterocycles. The van der Waals surface area contributed by atoms with Crippen molar-refractivity contribution in [1.82, 2.24) is 10.2 Å². The fraction of sp³-hybridized carbons (Fsp3) is 0.938. The predicted molar refractivity (Wildman–Crippen MR) is 82.5 cm³/mol. The molecule has 0 bridgehead atoms. The first-order valence-electron chi connectivity index (χ1n) is 7.87. The molecule has 2 atom stereocenters. The Labute approximate surface area is 124 Å². The van der Waals surface area contributed by atoms with Gasteiger partial charge in [-0.1, -0.05) is 34.1 Å². The first kappa shape index (κ1) is 17.4. The molecule has 20 heavy (non-hydrogen) atoms. The Morgan fingerprint density at radius 3 is 2.55 bits per heavy atom. The Morgan fingerprint density at radius 1 is 1.40 bits per heavy atom. The lowest BCUT2D eigenvalue weighted by molar-refractivity contribution is -0.134. The molecule has 0 radical (unpaired) electrons. The smallest absolute Gasteiger partial charge is 0.243 e. The molecular weight excluding hydrogens is 252 g/mol. The minimum atomic E-state index is -0.392. The van der Waals surface area contributed by atoms with Gasteiger partial charge in [-0.3, -0.25) is 10.1 Å². The molecule has 4 nitrogen and oxygen atoms in total. The highest BCUT2D eigenvalue weighted by atomic mass is 16.5. The van der Waals surface area contributed by atoms with E-state index in [1.807, 2.05) is 6.92 Å². The molecule has 1 N–H and O–H groups in total. The van der Waals surface area contributed by atoms with Crippen molar-refractivity contribution in [1.29, 1.82) is 0 Å². The maximum Gasteiger partial charge on any atom is 0.243 e. The summed E-state index contributed by atoms with van der Waals surface area (Å²) >= 11 is 0. The highest BCUT2D eigenvalue weighted by Gasteiger charge is 2.47. The number of carbonyl (C=O) groups is 1. The van der Waals surface area contributed by atoms with E-state index in [2.05, 4.69) is 37.9 Å². The highest BCUT2D eigenvalue weighted by molar-refractivity contribution is 5.88. The second-order valence-corrected chi connectivity index (χ2v) is 6.97. The van der Waals surface area contributed by atoms with Gasteiger partial charge in [-0.2, -0.15) is 0 Å². The Morgan fingerprint density at radius 2 is 2.05 bits per heavy atom. The van der Waals surface area contributed by atoms with Gasteiger partial charge in [-0.25, -0.2) is 0 Å². The van der Waals surface area contributed by atoms with E-state index in [1.165, 1.54) is 0 Å². The molecule has 2 unspecified atom stereocenters. The van der Waals surface area contributed by atoms with Crippen LogP contribution in [0.4, 0.5) is 0 Å². The van der Waals surface area contributed by atoms with E-state index in [0.29, 0.717) is 0 Å². The summed E-state index contributed by atoms with van der Waals surface area (Å²) < 4.78 is 5.19. The molecule has 0 aliphatic carbocycles. The van der Waals surface area contributed by atoms with Crippen molar-refractivity contribution in [2.75, 3.05) is 20.3 Å². The lowest BCUT2D eigenvalue weighted by atomic mass is 9.88. The first-order valence-corrected chi connectivity index (χ1v) is 7.87. The van der Waals surface area contributed by atoms with Gasteiger partial charge < -0.3 is 9.64 Å². The Kier molecular flexibility index (Phi) is 6.02. The number of amides is 1. The molecule has 1 rings (SSSR count). The van der Waals surface area contributed by atoms with Gasteiger partial charge in [0.05, 0.1) is 11.7 Å². The summed E-state index contributed by atoms with van der Waals surface area (Å²) in [7, 11) is 1.73. The van der Waals surface area contributed by atoms with Crippen molar-refractivity contribution < 1.29 is 9.53 Å². The van der Waals surface area contributed by atoms with E-state index in [1.54, 1.807) is 7.11 Å². The van der Waals surface area contributed by atoms with Crippen LogP contribution in [0.15, 0.2) is 0 Å². The van der Waals surface area contributed by atoms with Crippen LogP contribution < -0.4 is 5.32 Å². The van der Waals surface area contributed by atoms with Gasteiger partial charge in [-0.15, -0.1) is 0 Å². The van der Waals surface area contributed by atoms with Gasteiger partial charge in [0.1, 0.15) is 0 Å². The molecule has 4 heteroatoms. The summed E-state index contributed by atoms with van der Waals surface area (Å²) in [5.74, 6) is 0.254. The SMILES string of the molecule is CCCC1NC(C)(CC)C(=O)N1CC(C)(C)CCOC. The molecule has 0 aromatic rings. The van der Waals surface area contributed by atoms with Crippen LogP contribution in [-0.4, -0.2) is 42.8 Å². The second-order valence-electron chi connectivity index (χ2n) is 6.97. The molecule has 118 valence electrons. The lowest BCUT2D eigenvalue weighted by Gasteiger charge is -2.33. The van der Waals surface area contributed by atoms with Crippen molar-refractivity contribution >= 4 is 5.91 Å². The molecular formula is C16H32N2O2. The molecule has 1 saturated heterocycles. The molecule has 1 amide bonds. The molecule has 1 fully saturated rings. The van der Waals surface area contributed by atoms with E-state index in [4.69, 9.17) is 4.74 Å². The third kappa shape index (κ3) is 3.95. The Balaban J connectivity index is 2.81. The van der Waals surface area contributed by atoms with E-state index >= 15 is 0 Å². The van der Waals surface area contributed by atoms with Crippen LogP contribution in [0.5, 0.6) is 0 Å². The lowest BCUT2D eigenvalue weighted by Crippen LogP contribution is -2.44. The summed E-state index contributed by atoms with van der Waals surface area (Å²) in [6.07, 6.45) is 4.08. The van der Waals surface area contributed by atoms with Gasteiger partial charge in [0, 0.05) is 20.3 Å². The van der Waals surface area contributed by atoms with Crippen molar-refractivity contribution in [2.24, 2.45) is 5.41 Å². The third-order valence-electron chi connectivity index (χ3n) is 4.44. The highest BCUT2D eigenvalue weighted by Crippen LogP contribution is 2.30. The minimum Gasteiger partial charge on any atom is -0.385 e. The van der Waals surface area contributed by atoms with E-state index in [0.717, 1.165) is 38.8 Å². The summed E-state index contributed by atoms with van der Waals surface area (Å²) in [4.78, 5) is 14.8.